The van der Waals surface area contributed by atoms with E-state index in [4.69, 9.17) is 11.6 Å². The Bertz CT molecular complexity index is 957. The highest BCUT2D eigenvalue weighted by molar-refractivity contribution is 7.16. The van der Waals surface area contributed by atoms with Crippen molar-refractivity contribution in [2.45, 2.75) is 13.8 Å². The molecule has 2 N–H and O–H groups in total. The normalized spacial score (nSPS) is 10.7. The van der Waals surface area contributed by atoms with Crippen LogP contribution in [0.3, 0.4) is 0 Å². The molecule has 7 heteroatoms. The Kier molecular flexibility index (Phi) is 4.94. The van der Waals surface area contributed by atoms with Crippen LogP contribution in [0.5, 0.6) is 0 Å². The highest BCUT2D eigenvalue weighted by atomic mass is 35.5. The Labute approximate surface area is 157 Å². The van der Waals surface area contributed by atoms with E-state index in [0.29, 0.717) is 20.5 Å². The smallest absolute Gasteiger partial charge is 0.339 e. The SMILES string of the molecule is Cc1ccc(-c2csc(NC(=O)c3cc(C)sc3Cl)c2C(=O)O)cc1. The predicted octanol–water partition coefficient (Wildman–Crippen LogP) is 5.70. The molecule has 1 aromatic carbocycles. The van der Waals surface area contributed by atoms with Crippen LogP contribution in [-0.2, 0) is 0 Å². The fourth-order valence-corrected chi connectivity index (χ4v) is 4.60. The minimum absolute atomic E-state index is 0.0882. The lowest BCUT2D eigenvalue weighted by atomic mass is 10.0. The molecule has 0 saturated heterocycles. The summed E-state index contributed by atoms with van der Waals surface area (Å²) in [6.07, 6.45) is 0. The monoisotopic (exact) mass is 391 g/mol. The lowest BCUT2D eigenvalue weighted by molar-refractivity contribution is 0.0699. The average Bonchev–Trinajstić information content (AvgIpc) is 3.11. The summed E-state index contributed by atoms with van der Waals surface area (Å²) in [4.78, 5) is 25.1. The molecule has 128 valence electrons. The van der Waals surface area contributed by atoms with Crippen molar-refractivity contribution < 1.29 is 14.7 Å². The number of aromatic carboxylic acids is 1. The second-order valence-corrected chi connectivity index (χ2v) is 8.26. The minimum atomic E-state index is -1.08. The number of nitrogens with one attached hydrogen (secondary N) is 1. The van der Waals surface area contributed by atoms with E-state index in [2.05, 4.69) is 5.32 Å². The number of anilines is 1. The molecule has 3 aromatic rings. The predicted molar refractivity (Wildman–Crippen MR) is 103 cm³/mol. The number of aryl methyl sites for hydroxylation is 2. The van der Waals surface area contributed by atoms with Gasteiger partial charge in [-0.15, -0.1) is 22.7 Å². The Morgan fingerprint density at radius 2 is 1.84 bits per heavy atom. The van der Waals surface area contributed by atoms with Crippen LogP contribution >= 0.6 is 34.3 Å². The van der Waals surface area contributed by atoms with E-state index in [0.717, 1.165) is 16.0 Å². The Morgan fingerprint density at radius 1 is 1.16 bits per heavy atom. The van der Waals surface area contributed by atoms with Gasteiger partial charge in [-0.1, -0.05) is 41.4 Å². The zero-order valence-electron chi connectivity index (χ0n) is 13.4. The summed E-state index contributed by atoms with van der Waals surface area (Å²) < 4.78 is 0.391. The van der Waals surface area contributed by atoms with Gasteiger partial charge < -0.3 is 10.4 Å². The van der Waals surface area contributed by atoms with E-state index >= 15 is 0 Å². The molecule has 2 aromatic heterocycles. The van der Waals surface area contributed by atoms with Gasteiger partial charge in [0.15, 0.2) is 0 Å². The third-order valence-electron chi connectivity index (χ3n) is 3.65. The molecule has 4 nitrogen and oxygen atoms in total. The molecule has 0 bridgehead atoms. The first-order valence-corrected chi connectivity index (χ1v) is 9.43. The van der Waals surface area contributed by atoms with Crippen LogP contribution in [0, 0.1) is 13.8 Å². The second-order valence-electron chi connectivity index (χ2n) is 5.52. The highest BCUT2D eigenvalue weighted by Gasteiger charge is 2.22. The zero-order valence-corrected chi connectivity index (χ0v) is 15.8. The Balaban J connectivity index is 1.97. The molecule has 25 heavy (non-hydrogen) atoms. The van der Waals surface area contributed by atoms with Gasteiger partial charge in [0.1, 0.15) is 14.9 Å². The number of carbonyl (C=O) groups excluding carboxylic acids is 1. The topological polar surface area (TPSA) is 66.4 Å². The van der Waals surface area contributed by atoms with Gasteiger partial charge in [-0.05, 0) is 25.5 Å². The van der Waals surface area contributed by atoms with Gasteiger partial charge in [-0.25, -0.2) is 4.79 Å². The summed E-state index contributed by atoms with van der Waals surface area (Å²) in [7, 11) is 0. The summed E-state index contributed by atoms with van der Waals surface area (Å²) in [6.45, 7) is 3.82. The fraction of sp³-hybridized carbons (Fsp3) is 0.111. The first kappa shape index (κ1) is 17.7. The van der Waals surface area contributed by atoms with Crippen LogP contribution in [-0.4, -0.2) is 17.0 Å². The van der Waals surface area contributed by atoms with Crippen molar-refractivity contribution in [3.8, 4) is 11.1 Å². The fourth-order valence-electron chi connectivity index (χ4n) is 2.42. The molecule has 0 radical (unpaired) electrons. The van der Waals surface area contributed by atoms with Crippen LogP contribution in [0.4, 0.5) is 5.00 Å². The van der Waals surface area contributed by atoms with E-state index in [1.54, 1.807) is 11.4 Å². The number of carboxylic acid groups (broad SMARTS) is 1. The lowest BCUT2D eigenvalue weighted by Gasteiger charge is -2.06. The van der Waals surface area contributed by atoms with Crippen molar-refractivity contribution in [1.29, 1.82) is 0 Å². The van der Waals surface area contributed by atoms with E-state index in [1.807, 2.05) is 38.1 Å². The van der Waals surface area contributed by atoms with Crippen LogP contribution in [0.2, 0.25) is 4.34 Å². The lowest BCUT2D eigenvalue weighted by Crippen LogP contribution is -2.13. The summed E-state index contributed by atoms with van der Waals surface area (Å²) in [6, 6.07) is 9.27. The molecule has 0 unspecified atom stereocenters. The second kappa shape index (κ2) is 7.00. The van der Waals surface area contributed by atoms with Gasteiger partial charge in [0, 0.05) is 15.8 Å². The molecule has 0 aliphatic rings. The number of carbonyl (C=O) groups is 2. The number of rotatable bonds is 4. The third-order valence-corrected chi connectivity index (χ3v) is 5.82. The van der Waals surface area contributed by atoms with Crippen LogP contribution in [0.15, 0.2) is 35.7 Å². The van der Waals surface area contributed by atoms with Crippen molar-refractivity contribution in [3.05, 3.63) is 61.6 Å². The van der Waals surface area contributed by atoms with Gasteiger partial charge >= 0.3 is 5.97 Å². The number of amides is 1. The van der Waals surface area contributed by atoms with Gasteiger partial charge in [0.25, 0.3) is 5.91 Å². The first-order valence-electron chi connectivity index (χ1n) is 7.36. The van der Waals surface area contributed by atoms with Crippen molar-refractivity contribution >= 4 is 51.2 Å². The van der Waals surface area contributed by atoms with E-state index in [-0.39, 0.29) is 5.56 Å². The molecular formula is C18H14ClNO3S2. The molecule has 0 aliphatic carbocycles. The quantitative estimate of drug-likeness (QED) is 0.599. The summed E-state index contributed by atoms with van der Waals surface area (Å²) in [5, 5.41) is 14.3. The first-order chi connectivity index (χ1) is 11.9. The van der Waals surface area contributed by atoms with Crippen LogP contribution < -0.4 is 5.32 Å². The maximum Gasteiger partial charge on any atom is 0.339 e. The number of hydrogen-bond donors (Lipinski definition) is 2. The summed E-state index contributed by atoms with van der Waals surface area (Å²) in [5.41, 5.74) is 2.91. The largest absolute Gasteiger partial charge is 0.478 e. The number of hydrogen-bond acceptors (Lipinski definition) is 4. The van der Waals surface area contributed by atoms with Gasteiger partial charge in [0.2, 0.25) is 0 Å². The standard InChI is InChI=1S/C18H14ClNO3S2/c1-9-3-5-11(6-4-9)13-8-24-17(14(13)18(22)23)20-16(21)12-7-10(2)25-15(12)19/h3-8H,1-2H3,(H,20,21)(H,22,23). The molecule has 3 rings (SSSR count). The number of benzene rings is 1. The molecule has 2 heterocycles. The van der Waals surface area contributed by atoms with Crippen molar-refractivity contribution in [1.82, 2.24) is 0 Å². The van der Waals surface area contributed by atoms with Crippen molar-refractivity contribution in [2.75, 3.05) is 5.32 Å². The maximum absolute atomic E-state index is 12.4. The van der Waals surface area contributed by atoms with Crippen molar-refractivity contribution in [3.63, 3.8) is 0 Å². The van der Waals surface area contributed by atoms with E-state index in [1.165, 1.54) is 22.7 Å². The number of thiophene rings is 2. The minimum Gasteiger partial charge on any atom is -0.478 e. The van der Waals surface area contributed by atoms with Crippen LogP contribution in [0.1, 0.15) is 31.2 Å². The van der Waals surface area contributed by atoms with Crippen LogP contribution in [0.25, 0.3) is 11.1 Å². The Hall–Kier alpha value is -2.15. The third kappa shape index (κ3) is 3.61. The van der Waals surface area contributed by atoms with Gasteiger partial charge in [0.05, 0.1) is 5.56 Å². The average molecular weight is 392 g/mol. The molecule has 0 fully saturated rings. The summed E-state index contributed by atoms with van der Waals surface area (Å²) in [5.74, 6) is -1.49. The molecular weight excluding hydrogens is 378 g/mol. The van der Waals surface area contributed by atoms with E-state index in [9.17, 15) is 14.7 Å². The van der Waals surface area contributed by atoms with Crippen molar-refractivity contribution in [2.24, 2.45) is 0 Å². The molecule has 0 spiro atoms. The number of carboxylic acids is 1. The Morgan fingerprint density at radius 3 is 2.40 bits per heavy atom. The molecule has 0 saturated carbocycles. The highest BCUT2D eigenvalue weighted by Crippen LogP contribution is 2.36. The zero-order chi connectivity index (χ0) is 18.1. The van der Waals surface area contributed by atoms with E-state index < -0.39 is 11.9 Å². The molecule has 0 atom stereocenters. The van der Waals surface area contributed by atoms with Gasteiger partial charge in [-0.2, -0.15) is 0 Å². The van der Waals surface area contributed by atoms with Gasteiger partial charge in [-0.3, -0.25) is 4.79 Å². The molecule has 0 aliphatic heterocycles. The maximum atomic E-state index is 12.4. The number of halogens is 1. The summed E-state index contributed by atoms with van der Waals surface area (Å²) >= 11 is 8.57. The molecule has 1 amide bonds.